The summed E-state index contributed by atoms with van der Waals surface area (Å²) in [5, 5.41) is 6.26. The fourth-order valence-corrected chi connectivity index (χ4v) is 2.72. The van der Waals surface area contributed by atoms with E-state index in [1.165, 1.54) is 5.56 Å². The fraction of sp³-hybridized carbons (Fsp3) is 0.611. The molecule has 0 radical (unpaired) electrons. The molecule has 0 spiro atoms. The first-order valence-corrected chi connectivity index (χ1v) is 8.62. The number of benzene rings is 1. The van der Waals surface area contributed by atoms with Crippen molar-refractivity contribution in [2.45, 2.75) is 26.2 Å². The SMILES string of the molecule is CCC(C)c1ccccc1OCC(=O)NCCN1CCNCC1. The number of piperazine rings is 1. The van der Waals surface area contributed by atoms with Crippen molar-refractivity contribution in [1.29, 1.82) is 0 Å². The van der Waals surface area contributed by atoms with E-state index in [0.29, 0.717) is 12.5 Å². The van der Waals surface area contributed by atoms with Gasteiger partial charge in [-0.3, -0.25) is 9.69 Å². The highest BCUT2D eigenvalue weighted by molar-refractivity contribution is 5.77. The zero-order chi connectivity index (χ0) is 16.5. The first-order valence-electron chi connectivity index (χ1n) is 8.62. The normalized spacial score (nSPS) is 16.8. The second kappa shape index (κ2) is 9.53. The molecule has 128 valence electrons. The fourth-order valence-electron chi connectivity index (χ4n) is 2.72. The van der Waals surface area contributed by atoms with Crippen molar-refractivity contribution in [2.75, 3.05) is 45.9 Å². The smallest absolute Gasteiger partial charge is 0.257 e. The van der Waals surface area contributed by atoms with Gasteiger partial charge in [-0.25, -0.2) is 0 Å². The first kappa shape index (κ1) is 17.8. The minimum Gasteiger partial charge on any atom is -0.483 e. The lowest BCUT2D eigenvalue weighted by Gasteiger charge is -2.27. The second-order valence-electron chi connectivity index (χ2n) is 6.08. The number of carbonyl (C=O) groups excluding carboxylic acids is 1. The van der Waals surface area contributed by atoms with Crippen LogP contribution in [0.5, 0.6) is 5.75 Å². The molecule has 2 N–H and O–H groups in total. The number of amides is 1. The topological polar surface area (TPSA) is 53.6 Å². The maximum absolute atomic E-state index is 11.9. The van der Waals surface area contributed by atoms with E-state index in [0.717, 1.165) is 44.9 Å². The van der Waals surface area contributed by atoms with Gasteiger partial charge in [-0.2, -0.15) is 0 Å². The highest BCUT2D eigenvalue weighted by Gasteiger charge is 2.12. The predicted molar refractivity (Wildman–Crippen MR) is 93.0 cm³/mol. The molecule has 1 aromatic carbocycles. The Labute approximate surface area is 139 Å². The van der Waals surface area contributed by atoms with E-state index in [-0.39, 0.29) is 12.5 Å². The average molecular weight is 319 g/mol. The first-order chi connectivity index (χ1) is 11.2. The Morgan fingerprint density at radius 1 is 1.35 bits per heavy atom. The summed E-state index contributed by atoms with van der Waals surface area (Å²) in [5.41, 5.74) is 1.17. The highest BCUT2D eigenvalue weighted by Crippen LogP contribution is 2.28. The summed E-state index contributed by atoms with van der Waals surface area (Å²) in [5.74, 6) is 1.19. The zero-order valence-corrected chi connectivity index (χ0v) is 14.3. The third-order valence-electron chi connectivity index (χ3n) is 4.38. The number of carbonyl (C=O) groups is 1. The Hall–Kier alpha value is -1.59. The summed E-state index contributed by atoms with van der Waals surface area (Å²) in [4.78, 5) is 14.3. The van der Waals surface area contributed by atoms with Crippen LogP contribution in [0.3, 0.4) is 0 Å². The number of nitrogens with zero attached hydrogens (tertiary/aromatic N) is 1. The quantitative estimate of drug-likeness (QED) is 0.764. The van der Waals surface area contributed by atoms with Gasteiger partial charge in [0.1, 0.15) is 5.75 Å². The summed E-state index contributed by atoms with van der Waals surface area (Å²) in [7, 11) is 0. The molecule has 5 heteroatoms. The van der Waals surface area contributed by atoms with Gasteiger partial charge in [0.25, 0.3) is 5.91 Å². The predicted octanol–water partition coefficient (Wildman–Crippen LogP) is 1.60. The third-order valence-corrected chi connectivity index (χ3v) is 4.38. The van der Waals surface area contributed by atoms with Crippen LogP contribution >= 0.6 is 0 Å². The Balaban J connectivity index is 1.72. The Kier molecular flexibility index (Phi) is 7.36. The monoisotopic (exact) mass is 319 g/mol. The molecule has 0 aliphatic carbocycles. The lowest BCUT2D eigenvalue weighted by atomic mass is 9.98. The van der Waals surface area contributed by atoms with E-state index in [9.17, 15) is 4.79 Å². The highest BCUT2D eigenvalue weighted by atomic mass is 16.5. The Morgan fingerprint density at radius 3 is 2.83 bits per heavy atom. The molecule has 1 atom stereocenters. The van der Waals surface area contributed by atoms with Crippen LogP contribution in [0.2, 0.25) is 0 Å². The molecule has 0 aromatic heterocycles. The standard InChI is InChI=1S/C18H29N3O2/c1-3-15(2)16-6-4-5-7-17(16)23-14-18(22)20-10-13-21-11-8-19-9-12-21/h4-7,15,19H,3,8-14H2,1-2H3,(H,20,22). The number of hydrogen-bond donors (Lipinski definition) is 2. The average Bonchev–Trinajstić information content (AvgIpc) is 2.60. The zero-order valence-electron chi connectivity index (χ0n) is 14.3. The third kappa shape index (κ3) is 5.84. The Bertz CT molecular complexity index is 487. The van der Waals surface area contributed by atoms with Gasteiger partial charge in [-0.05, 0) is 24.0 Å². The van der Waals surface area contributed by atoms with Crippen molar-refractivity contribution in [1.82, 2.24) is 15.5 Å². The number of nitrogens with one attached hydrogen (secondary N) is 2. The van der Waals surface area contributed by atoms with Gasteiger partial charge in [0.15, 0.2) is 6.61 Å². The van der Waals surface area contributed by atoms with Gasteiger partial charge >= 0.3 is 0 Å². The van der Waals surface area contributed by atoms with Crippen LogP contribution in [-0.2, 0) is 4.79 Å². The summed E-state index contributed by atoms with van der Waals surface area (Å²) < 4.78 is 5.73. The number of ether oxygens (including phenoxy) is 1. The van der Waals surface area contributed by atoms with Crippen molar-refractivity contribution in [3.8, 4) is 5.75 Å². The van der Waals surface area contributed by atoms with Gasteiger partial charge < -0.3 is 15.4 Å². The molecule has 23 heavy (non-hydrogen) atoms. The molecule has 1 saturated heterocycles. The lowest BCUT2D eigenvalue weighted by Crippen LogP contribution is -2.46. The molecular weight excluding hydrogens is 290 g/mol. The van der Waals surface area contributed by atoms with E-state index >= 15 is 0 Å². The van der Waals surface area contributed by atoms with Gasteiger partial charge in [-0.15, -0.1) is 0 Å². The summed E-state index contributed by atoms with van der Waals surface area (Å²) in [6.07, 6.45) is 1.05. The van der Waals surface area contributed by atoms with E-state index in [4.69, 9.17) is 4.74 Å². The van der Waals surface area contributed by atoms with Crippen LogP contribution in [0, 0.1) is 0 Å². The van der Waals surface area contributed by atoms with Crippen molar-refractivity contribution < 1.29 is 9.53 Å². The summed E-state index contributed by atoms with van der Waals surface area (Å²) in [6.45, 7) is 10.2. The number of rotatable bonds is 8. The molecule has 1 heterocycles. The van der Waals surface area contributed by atoms with Crippen LogP contribution < -0.4 is 15.4 Å². The van der Waals surface area contributed by atoms with Gasteiger partial charge in [0, 0.05) is 39.3 Å². The molecule has 0 bridgehead atoms. The van der Waals surface area contributed by atoms with Crippen LogP contribution in [0.4, 0.5) is 0 Å². The molecule has 1 aromatic rings. The second-order valence-corrected chi connectivity index (χ2v) is 6.08. The molecule has 1 unspecified atom stereocenters. The number of para-hydroxylation sites is 1. The Morgan fingerprint density at radius 2 is 2.09 bits per heavy atom. The van der Waals surface area contributed by atoms with Crippen LogP contribution in [-0.4, -0.2) is 56.7 Å². The van der Waals surface area contributed by atoms with Gasteiger partial charge in [0.05, 0.1) is 0 Å². The molecular formula is C18H29N3O2. The molecule has 0 saturated carbocycles. The van der Waals surface area contributed by atoms with Crippen molar-refractivity contribution in [2.24, 2.45) is 0 Å². The minimum atomic E-state index is -0.0564. The van der Waals surface area contributed by atoms with Crippen LogP contribution in [0.25, 0.3) is 0 Å². The lowest BCUT2D eigenvalue weighted by molar-refractivity contribution is -0.123. The molecule has 1 aliphatic rings. The van der Waals surface area contributed by atoms with E-state index in [1.807, 2.05) is 18.2 Å². The van der Waals surface area contributed by atoms with Crippen LogP contribution in [0.15, 0.2) is 24.3 Å². The van der Waals surface area contributed by atoms with Gasteiger partial charge in [0.2, 0.25) is 0 Å². The van der Waals surface area contributed by atoms with Gasteiger partial charge in [-0.1, -0.05) is 32.0 Å². The molecule has 5 nitrogen and oxygen atoms in total. The summed E-state index contributed by atoms with van der Waals surface area (Å²) in [6, 6.07) is 7.98. The van der Waals surface area contributed by atoms with Crippen LogP contribution in [0.1, 0.15) is 31.7 Å². The molecule has 2 rings (SSSR count). The van der Waals surface area contributed by atoms with Crippen molar-refractivity contribution >= 4 is 5.91 Å². The largest absolute Gasteiger partial charge is 0.483 e. The number of hydrogen-bond acceptors (Lipinski definition) is 4. The van der Waals surface area contributed by atoms with Crippen molar-refractivity contribution in [3.05, 3.63) is 29.8 Å². The van der Waals surface area contributed by atoms with E-state index < -0.39 is 0 Å². The maximum atomic E-state index is 11.9. The van der Waals surface area contributed by atoms with E-state index in [1.54, 1.807) is 0 Å². The molecule has 1 amide bonds. The molecule has 1 fully saturated rings. The van der Waals surface area contributed by atoms with Crippen molar-refractivity contribution in [3.63, 3.8) is 0 Å². The summed E-state index contributed by atoms with van der Waals surface area (Å²) >= 11 is 0. The minimum absolute atomic E-state index is 0.0564. The molecule has 1 aliphatic heterocycles. The maximum Gasteiger partial charge on any atom is 0.257 e. The van der Waals surface area contributed by atoms with E-state index in [2.05, 4.69) is 35.4 Å².